The summed E-state index contributed by atoms with van der Waals surface area (Å²) in [6, 6.07) is 14.6. The molecule has 122 valence electrons. The average Bonchev–Trinajstić information content (AvgIpc) is 2.96. The lowest BCUT2D eigenvalue weighted by Crippen LogP contribution is -2.27. The lowest BCUT2D eigenvalue weighted by Gasteiger charge is -2.28. The summed E-state index contributed by atoms with van der Waals surface area (Å²) < 4.78 is 5.60. The van der Waals surface area contributed by atoms with Gasteiger partial charge in [0.05, 0.1) is 17.0 Å². The molecule has 24 heavy (non-hydrogen) atoms. The fourth-order valence-corrected chi connectivity index (χ4v) is 3.68. The highest BCUT2D eigenvalue weighted by Gasteiger charge is 2.35. The lowest BCUT2D eigenvalue weighted by atomic mass is 9.75. The minimum absolute atomic E-state index is 0.0187. The highest BCUT2D eigenvalue weighted by atomic mass is 16.5. The number of rotatable bonds is 2. The zero-order valence-electron chi connectivity index (χ0n) is 13.9. The Hall–Kier alpha value is -2.62. The zero-order chi connectivity index (χ0) is 16.7. The summed E-state index contributed by atoms with van der Waals surface area (Å²) in [5.41, 5.74) is 3.64. The van der Waals surface area contributed by atoms with Gasteiger partial charge in [-0.3, -0.25) is 0 Å². The van der Waals surface area contributed by atoms with Gasteiger partial charge in [0.1, 0.15) is 5.76 Å². The Morgan fingerprint density at radius 1 is 1.12 bits per heavy atom. The van der Waals surface area contributed by atoms with Crippen LogP contribution in [0, 0.1) is 5.41 Å². The van der Waals surface area contributed by atoms with Gasteiger partial charge >= 0.3 is 0 Å². The van der Waals surface area contributed by atoms with Gasteiger partial charge in [-0.1, -0.05) is 66.6 Å². The van der Waals surface area contributed by atoms with E-state index >= 15 is 0 Å². The van der Waals surface area contributed by atoms with Crippen molar-refractivity contribution in [1.82, 2.24) is 5.16 Å². The SMILES string of the molecule is CC1(C)CC(=NO)c2c(Cc3cccc4ccccc34)noc2C1. The first kappa shape index (κ1) is 14.9. The van der Waals surface area contributed by atoms with Crippen molar-refractivity contribution in [2.75, 3.05) is 0 Å². The fourth-order valence-electron chi connectivity index (χ4n) is 3.68. The van der Waals surface area contributed by atoms with E-state index in [2.05, 4.69) is 54.5 Å². The largest absolute Gasteiger partial charge is 0.411 e. The third-order valence-corrected chi connectivity index (χ3v) is 4.77. The number of fused-ring (bicyclic) bond motifs is 2. The van der Waals surface area contributed by atoms with E-state index in [-0.39, 0.29) is 5.41 Å². The van der Waals surface area contributed by atoms with Crippen LogP contribution in [0.1, 0.15) is 42.8 Å². The second-order valence-electron chi connectivity index (χ2n) is 7.31. The van der Waals surface area contributed by atoms with Crippen LogP contribution in [-0.4, -0.2) is 16.1 Å². The highest BCUT2D eigenvalue weighted by molar-refractivity contribution is 6.03. The van der Waals surface area contributed by atoms with E-state index in [4.69, 9.17) is 4.52 Å². The molecule has 0 spiro atoms. The van der Waals surface area contributed by atoms with Gasteiger partial charge < -0.3 is 9.73 Å². The zero-order valence-corrected chi connectivity index (χ0v) is 13.9. The Balaban J connectivity index is 1.78. The smallest absolute Gasteiger partial charge is 0.146 e. The molecule has 0 unspecified atom stereocenters. The summed E-state index contributed by atoms with van der Waals surface area (Å²) in [5.74, 6) is 0.828. The van der Waals surface area contributed by atoms with Crippen LogP contribution in [0.25, 0.3) is 10.8 Å². The molecule has 3 aromatic rings. The second kappa shape index (κ2) is 5.48. The molecular formula is C20H20N2O2. The van der Waals surface area contributed by atoms with Crippen LogP contribution in [0.15, 0.2) is 52.1 Å². The number of benzene rings is 2. The molecule has 0 amide bonds. The van der Waals surface area contributed by atoms with Crippen LogP contribution in [-0.2, 0) is 12.8 Å². The monoisotopic (exact) mass is 320 g/mol. The van der Waals surface area contributed by atoms with Crippen molar-refractivity contribution in [3.05, 3.63) is 65.0 Å². The molecule has 0 saturated heterocycles. The predicted molar refractivity (Wildman–Crippen MR) is 93.7 cm³/mol. The molecule has 0 radical (unpaired) electrons. The quantitative estimate of drug-likeness (QED) is 0.556. The molecule has 4 heteroatoms. The first-order valence-electron chi connectivity index (χ1n) is 8.23. The van der Waals surface area contributed by atoms with Gasteiger partial charge in [-0.25, -0.2) is 0 Å². The van der Waals surface area contributed by atoms with Crippen LogP contribution in [0.3, 0.4) is 0 Å². The number of hydrogen-bond acceptors (Lipinski definition) is 4. The molecule has 1 N–H and O–H groups in total. The predicted octanol–water partition coefficient (Wildman–Crippen LogP) is 4.57. The fraction of sp³-hybridized carbons (Fsp3) is 0.300. The van der Waals surface area contributed by atoms with Crippen molar-refractivity contribution in [3.8, 4) is 0 Å². The number of aromatic nitrogens is 1. The number of nitrogens with zero attached hydrogens (tertiary/aromatic N) is 2. The van der Waals surface area contributed by atoms with Crippen molar-refractivity contribution < 1.29 is 9.73 Å². The van der Waals surface area contributed by atoms with E-state index in [1.807, 2.05) is 12.1 Å². The third-order valence-electron chi connectivity index (χ3n) is 4.77. The molecule has 0 saturated carbocycles. The summed E-state index contributed by atoms with van der Waals surface area (Å²) in [6.45, 7) is 4.29. The number of hydrogen-bond donors (Lipinski definition) is 1. The molecular weight excluding hydrogens is 300 g/mol. The van der Waals surface area contributed by atoms with E-state index in [9.17, 15) is 5.21 Å². The Bertz CT molecular complexity index is 932. The van der Waals surface area contributed by atoms with Gasteiger partial charge in [-0.05, 0) is 28.2 Å². The van der Waals surface area contributed by atoms with Gasteiger partial charge in [0.2, 0.25) is 0 Å². The van der Waals surface area contributed by atoms with E-state index in [0.717, 1.165) is 29.9 Å². The molecule has 4 nitrogen and oxygen atoms in total. The minimum Gasteiger partial charge on any atom is -0.411 e. The van der Waals surface area contributed by atoms with Gasteiger partial charge in [0.25, 0.3) is 0 Å². The van der Waals surface area contributed by atoms with Crippen LogP contribution in [0.2, 0.25) is 0 Å². The summed E-state index contributed by atoms with van der Waals surface area (Å²) in [7, 11) is 0. The summed E-state index contributed by atoms with van der Waals surface area (Å²) in [4.78, 5) is 0. The van der Waals surface area contributed by atoms with Crippen LogP contribution in [0.5, 0.6) is 0 Å². The molecule has 1 heterocycles. The first-order valence-corrected chi connectivity index (χ1v) is 8.23. The molecule has 0 aliphatic heterocycles. The summed E-state index contributed by atoms with van der Waals surface area (Å²) in [5, 5.41) is 19.7. The van der Waals surface area contributed by atoms with Crippen molar-refractivity contribution >= 4 is 16.5 Å². The Kier molecular flexibility index (Phi) is 3.41. The molecule has 4 rings (SSSR count). The maximum absolute atomic E-state index is 9.47. The maximum Gasteiger partial charge on any atom is 0.146 e. The lowest BCUT2D eigenvalue weighted by molar-refractivity contribution is 0.285. The van der Waals surface area contributed by atoms with E-state index < -0.39 is 0 Å². The minimum atomic E-state index is 0.0187. The second-order valence-corrected chi connectivity index (χ2v) is 7.31. The molecule has 0 bridgehead atoms. The Morgan fingerprint density at radius 3 is 2.75 bits per heavy atom. The number of oxime groups is 1. The van der Waals surface area contributed by atoms with Crippen LogP contribution >= 0.6 is 0 Å². The van der Waals surface area contributed by atoms with E-state index in [1.165, 1.54) is 16.3 Å². The molecule has 1 aliphatic carbocycles. The molecule has 1 aromatic heterocycles. The van der Waals surface area contributed by atoms with Crippen molar-refractivity contribution in [2.24, 2.45) is 10.6 Å². The van der Waals surface area contributed by atoms with E-state index in [0.29, 0.717) is 12.1 Å². The van der Waals surface area contributed by atoms with Gasteiger partial charge in [-0.2, -0.15) is 0 Å². The van der Waals surface area contributed by atoms with Crippen LogP contribution in [0.4, 0.5) is 0 Å². The topological polar surface area (TPSA) is 58.6 Å². The van der Waals surface area contributed by atoms with Gasteiger partial charge in [-0.15, -0.1) is 0 Å². The normalized spacial score (nSPS) is 18.0. The first-order chi connectivity index (χ1) is 11.6. The third kappa shape index (κ3) is 2.48. The Morgan fingerprint density at radius 2 is 1.92 bits per heavy atom. The summed E-state index contributed by atoms with van der Waals surface area (Å²) in [6.07, 6.45) is 2.20. The van der Waals surface area contributed by atoms with Gasteiger partial charge in [0, 0.05) is 12.8 Å². The average molecular weight is 320 g/mol. The molecule has 0 atom stereocenters. The van der Waals surface area contributed by atoms with Crippen molar-refractivity contribution in [2.45, 2.75) is 33.1 Å². The van der Waals surface area contributed by atoms with Crippen molar-refractivity contribution in [1.29, 1.82) is 0 Å². The Labute approximate surface area is 140 Å². The standard InChI is InChI=1S/C20H20N2O2/c1-20(2)11-17(21-23)19-16(22-24-18(19)12-20)10-14-8-5-7-13-6-3-4-9-15(13)14/h3-9,23H,10-12H2,1-2H3. The molecule has 0 fully saturated rings. The van der Waals surface area contributed by atoms with Crippen molar-refractivity contribution in [3.63, 3.8) is 0 Å². The van der Waals surface area contributed by atoms with Crippen LogP contribution < -0.4 is 0 Å². The molecule has 1 aliphatic rings. The summed E-state index contributed by atoms with van der Waals surface area (Å²) >= 11 is 0. The highest BCUT2D eigenvalue weighted by Crippen LogP contribution is 2.37. The molecule has 2 aromatic carbocycles. The van der Waals surface area contributed by atoms with Gasteiger partial charge in [0.15, 0.2) is 0 Å². The van der Waals surface area contributed by atoms with E-state index in [1.54, 1.807) is 0 Å². The maximum atomic E-state index is 9.47.